The van der Waals surface area contributed by atoms with E-state index < -0.39 is 11.4 Å². The van der Waals surface area contributed by atoms with Gasteiger partial charge in [0, 0.05) is 4.88 Å². The number of carboxylic acid groups (broad SMARTS) is 1. The normalized spacial score (nSPS) is 20.3. The van der Waals surface area contributed by atoms with Gasteiger partial charge in [-0.1, -0.05) is 32.8 Å². The second-order valence-corrected chi connectivity index (χ2v) is 6.67. The number of aliphatic carboxylic acids is 1. The molecule has 0 spiro atoms. The Kier molecular flexibility index (Phi) is 3.81. The van der Waals surface area contributed by atoms with Crippen molar-refractivity contribution >= 4 is 17.3 Å². The molecule has 100 valence electrons. The summed E-state index contributed by atoms with van der Waals surface area (Å²) in [5.41, 5.74) is -0.301. The summed E-state index contributed by atoms with van der Waals surface area (Å²) in [5, 5.41) is 11.6. The van der Waals surface area contributed by atoms with Gasteiger partial charge in [-0.3, -0.25) is 4.79 Å². The number of hydrogen-bond donors (Lipinski definition) is 1. The first-order chi connectivity index (χ1) is 8.58. The van der Waals surface area contributed by atoms with Crippen molar-refractivity contribution in [2.75, 3.05) is 0 Å². The smallest absolute Gasteiger partial charge is 0.315 e. The molecule has 1 fully saturated rings. The van der Waals surface area contributed by atoms with Crippen molar-refractivity contribution in [1.82, 2.24) is 0 Å². The highest BCUT2D eigenvalue weighted by atomic mass is 32.1. The number of carbonyl (C=O) groups is 1. The SMILES string of the molecule is CCCC1(CCC)CC(C(=O)O)(c2cccs2)C1. The second-order valence-electron chi connectivity index (χ2n) is 5.72. The third-order valence-corrected chi connectivity index (χ3v) is 5.39. The van der Waals surface area contributed by atoms with Crippen LogP contribution in [0, 0.1) is 5.41 Å². The molecule has 1 aromatic heterocycles. The van der Waals surface area contributed by atoms with Crippen LogP contribution in [0.25, 0.3) is 0 Å². The number of hydrogen-bond acceptors (Lipinski definition) is 2. The van der Waals surface area contributed by atoms with Crippen LogP contribution in [0.15, 0.2) is 17.5 Å². The largest absolute Gasteiger partial charge is 0.481 e. The zero-order valence-electron chi connectivity index (χ0n) is 11.2. The fraction of sp³-hybridized carbons (Fsp3) is 0.667. The molecule has 0 amide bonds. The Bertz CT molecular complexity index is 394. The molecule has 2 rings (SSSR count). The van der Waals surface area contributed by atoms with Crippen LogP contribution in [0.1, 0.15) is 57.2 Å². The second kappa shape index (κ2) is 5.04. The molecule has 2 nitrogen and oxygen atoms in total. The highest BCUT2D eigenvalue weighted by Crippen LogP contribution is 2.61. The fourth-order valence-corrected chi connectivity index (χ4v) is 4.67. The molecule has 3 heteroatoms. The molecular weight excluding hydrogens is 244 g/mol. The maximum absolute atomic E-state index is 11.7. The number of thiophene rings is 1. The third-order valence-electron chi connectivity index (χ3n) is 4.32. The zero-order chi connectivity index (χ0) is 13.2. The molecule has 1 aliphatic rings. The van der Waals surface area contributed by atoms with Gasteiger partial charge in [-0.25, -0.2) is 0 Å². The first-order valence-corrected chi connectivity index (χ1v) is 7.74. The Morgan fingerprint density at radius 2 is 1.94 bits per heavy atom. The minimum atomic E-state index is -0.632. The molecule has 0 aromatic carbocycles. The quantitative estimate of drug-likeness (QED) is 0.826. The van der Waals surface area contributed by atoms with E-state index in [2.05, 4.69) is 13.8 Å². The Hall–Kier alpha value is -0.830. The van der Waals surface area contributed by atoms with E-state index in [1.165, 1.54) is 12.8 Å². The molecular formula is C15H22O2S. The predicted molar refractivity (Wildman–Crippen MR) is 75.1 cm³/mol. The van der Waals surface area contributed by atoms with Gasteiger partial charge in [-0.05, 0) is 42.5 Å². The molecule has 0 aliphatic heterocycles. The molecule has 0 bridgehead atoms. The lowest BCUT2D eigenvalue weighted by Gasteiger charge is -2.54. The molecule has 0 radical (unpaired) electrons. The lowest BCUT2D eigenvalue weighted by Crippen LogP contribution is -2.54. The minimum absolute atomic E-state index is 0.284. The van der Waals surface area contributed by atoms with Crippen LogP contribution in [-0.4, -0.2) is 11.1 Å². The van der Waals surface area contributed by atoms with E-state index in [-0.39, 0.29) is 5.41 Å². The summed E-state index contributed by atoms with van der Waals surface area (Å²) in [6.07, 6.45) is 6.30. The van der Waals surface area contributed by atoms with Crippen molar-refractivity contribution in [2.45, 2.75) is 57.8 Å². The third kappa shape index (κ3) is 2.09. The predicted octanol–water partition coefficient (Wildman–Crippen LogP) is 4.45. The average molecular weight is 266 g/mol. The lowest BCUT2D eigenvalue weighted by atomic mass is 9.49. The summed E-state index contributed by atoms with van der Waals surface area (Å²) in [6.45, 7) is 4.40. The highest BCUT2D eigenvalue weighted by Gasteiger charge is 2.59. The van der Waals surface area contributed by atoms with Crippen LogP contribution in [-0.2, 0) is 10.2 Å². The molecule has 0 atom stereocenters. The van der Waals surface area contributed by atoms with E-state index in [0.29, 0.717) is 0 Å². The number of rotatable bonds is 6. The van der Waals surface area contributed by atoms with Gasteiger partial charge in [0.1, 0.15) is 5.41 Å². The van der Waals surface area contributed by atoms with Crippen LogP contribution in [0.2, 0.25) is 0 Å². The van der Waals surface area contributed by atoms with E-state index in [1.807, 2.05) is 17.5 Å². The summed E-state index contributed by atoms with van der Waals surface area (Å²) >= 11 is 1.59. The summed E-state index contributed by atoms with van der Waals surface area (Å²) in [4.78, 5) is 12.7. The summed E-state index contributed by atoms with van der Waals surface area (Å²) < 4.78 is 0. The van der Waals surface area contributed by atoms with Gasteiger partial charge in [0.15, 0.2) is 0 Å². The van der Waals surface area contributed by atoms with E-state index in [9.17, 15) is 9.90 Å². The average Bonchev–Trinajstić information content (AvgIpc) is 2.78. The van der Waals surface area contributed by atoms with Crippen LogP contribution in [0.5, 0.6) is 0 Å². The number of carboxylic acids is 1. The Balaban J connectivity index is 2.21. The van der Waals surface area contributed by atoms with Crippen LogP contribution in [0.3, 0.4) is 0 Å². The summed E-state index contributed by atoms with van der Waals surface area (Å²) in [6, 6.07) is 3.95. The van der Waals surface area contributed by atoms with E-state index >= 15 is 0 Å². The first-order valence-electron chi connectivity index (χ1n) is 6.86. The van der Waals surface area contributed by atoms with Gasteiger partial charge in [0.25, 0.3) is 0 Å². The van der Waals surface area contributed by atoms with Gasteiger partial charge < -0.3 is 5.11 Å². The molecule has 0 unspecified atom stereocenters. The van der Waals surface area contributed by atoms with Crippen LogP contribution < -0.4 is 0 Å². The Morgan fingerprint density at radius 1 is 1.33 bits per heavy atom. The molecule has 1 saturated carbocycles. The Labute approximate surface area is 113 Å². The standard InChI is InChI=1S/C15H22O2S/c1-3-7-14(8-4-2)10-15(11-14,13(16)17)12-6-5-9-18-12/h5-6,9H,3-4,7-8,10-11H2,1-2H3,(H,16,17). The van der Waals surface area contributed by atoms with Crippen LogP contribution in [0.4, 0.5) is 0 Å². The van der Waals surface area contributed by atoms with Crippen molar-refractivity contribution < 1.29 is 9.90 Å². The molecule has 1 aromatic rings. The van der Waals surface area contributed by atoms with Crippen molar-refractivity contribution in [3.05, 3.63) is 22.4 Å². The molecule has 1 aliphatic carbocycles. The zero-order valence-corrected chi connectivity index (χ0v) is 12.1. The van der Waals surface area contributed by atoms with Crippen molar-refractivity contribution in [2.24, 2.45) is 5.41 Å². The van der Waals surface area contributed by atoms with Crippen molar-refractivity contribution in [3.63, 3.8) is 0 Å². The van der Waals surface area contributed by atoms with E-state index in [1.54, 1.807) is 11.3 Å². The van der Waals surface area contributed by atoms with Crippen LogP contribution >= 0.6 is 11.3 Å². The highest BCUT2D eigenvalue weighted by molar-refractivity contribution is 7.10. The van der Waals surface area contributed by atoms with Gasteiger partial charge in [-0.2, -0.15) is 0 Å². The minimum Gasteiger partial charge on any atom is -0.481 e. The monoisotopic (exact) mass is 266 g/mol. The van der Waals surface area contributed by atoms with Gasteiger partial charge in [-0.15, -0.1) is 11.3 Å². The maximum Gasteiger partial charge on any atom is 0.315 e. The van der Waals surface area contributed by atoms with E-state index in [0.717, 1.165) is 30.6 Å². The van der Waals surface area contributed by atoms with Gasteiger partial charge in [0.2, 0.25) is 0 Å². The maximum atomic E-state index is 11.7. The lowest BCUT2D eigenvalue weighted by molar-refractivity contribution is -0.155. The Morgan fingerprint density at radius 3 is 2.33 bits per heavy atom. The molecule has 1 N–H and O–H groups in total. The summed E-state index contributed by atoms with van der Waals surface area (Å²) in [7, 11) is 0. The first kappa shape index (κ1) is 13.6. The van der Waals surface area contributed by atoms with Crippen molar-refractivity contribution in [3.8, 4) is 0 Å². The van der Waals surface area contributed by atoms with E-state index in [4.69, 9.17) is 0 Å². The fourth-order valence-electron chi connectivity index (χ4n) is 3.75. The topological polar surface area (TPSA) is 37.3 Å². The van der Waals surface area contributed by atoms with Gasteiger partial charge >= 0.3 is 5.97 Å². The van der Waals surface area contributed by atoms with Gasteiger partial charge in [0.05, 0.1) is 0 Å². The van der Waals surface area contributed by atoms with Crippen molar-refractivity contribution in [1.29, 1.82) is 0 Å². The molecule has 0 saturated heterocycles. The summed E-state index contributed by atoms with van der Waals surface area (Å²) in [5.74, 6) is -0.632. The molecule has 18 heavy (non-hydrogen) atoms. The molecule has 1 heterocycles.